The van der Waals surface area contributed by atoms with Gasteiger partial charge in [-0.05, 0) is 71.2 Å². The van der Waals surface area contributed by atoms with E-state index in [0.29, 0.717) is 0 Å². The Hall–Kier alpha value is -0.840. The van der Waals surface area contributed by atoms with Crippen LogP contribution in [-0.2, 0) is 0 Å². The first-order valence-electron chi connectivity index (χ1n) is 5.96. The van der Waals surface area contributed by atoms with Gasteiger partial charge in [-0.15, -0.1) is 0 Å². The molecule has 0 aromatic heterocycles. The van der Waals surface area contributed by atoms with Crippen LogP contribution in [0, 0.1) is 6.92 Å². The second-order valence-corrected chi connectivity index (χ2v) is 6.20. The van der Waals surface area contributed by atoms with Crippen LogP contribution in [0.5, 0.6) is 11.5 Å². The average Bonchev–Trinajstić information content (AvgIpc) is 2.36. The van der Waals surface area contributed by atoms with E-state index in [4.69, 9.17) is 10.5 Å². The minimum atomic E-state index is 0.0141. The molecule has 4 heteroatoms. The number of aryl methyl sites for hydroxylation is 1. The molecular weight excluding hydrogens is 370 g/mol. The Labute approximate surface area is 130 Å². The molecular formula is C15H15Br2NO. The smallest absolute Gasteiger partial charge is 0.141 e. The number of benzene rings is 2. The van der Waals surface area contributed by atoms with E-state index in [1.807, 2.05) is 50.2 Å². The second kappa shape index (κ2) is 6.07. The number of halogens is 2. The van der Waals surface area contributed by atoms with E-state index in [-0.39, 0.29) is 6.04 Å². The Morgan fingerprint density at radius 2 is 1.79 bits per heavy atom. The third-order valence-corrected chi connectivity index (χ3v) is 4.35. The zero-order chi connectivity index (χ0) is 14.0. The zero-order valence-electron chi connectivity index (χ0n) is 10.8. The van der Waals surface area contributed by atoms with Gasteiger partial charge in [-0.3, -0.25) is 0 Å². The fraction of sp³-hybridized carbons (Fsp3) is 0.200. The summed E-state index contributed by atoms with van der Waals surface area (Å²) in [6.45, 7) is 3.99. The van der Waals surface area contributed by atoms with Crippen molar-refractivity contribution in [2.45, 2.75) is 19.9 Å². The fourth-order valence-electron chi connectivity index (χ4n) is 1.69. The molecule has 0 saturated carbocycles. The standard InChI is InChI=1S/C15H15Br2NO/c1-9-7-12(4-5-13(9)16)19-15-6-3-11(10(2)18)8-14(15)17/h3-8,10H,18H2,1-2H3/t10-/m1/s1. The predicted octanol–water partition coefficient (Wildman–Crippen LogP) is 5.33. The van der Waals surface area contributed by atoms with Gasteiger partial charge in [0.05, 0.1) is 4.47 Å². The molecule has 0 saturated heterocycles. The van der Waals surface area contributed by atoms with Gasteiger partial charge >= 0.3 is 0 Å². The topological polar surface area (TPSA) is 35.2 Å². The van der Waals surface area contributed by atoms with E-state index >= 15 is 0 Å². The lowest BCUT2D eigenvalue weighted by Crippen LogP contribution is -2.04. The van der Waals surface area contributed by atoms with E-state index in [2.05, 4.69) is 31.9 Å². The quantitative estimate of drug-likeness (QED) is 0.775. The van der Waals surface area contributed by atoms with Crippen molar-refractivity contribution in [3.05, 3.63) is 56.5 Å². The summed E-state index contributed by atoms with van der Waals surface area (Å²) < 4.78 is 7.85. The summed E-state index contributed by atoms with van der Waals surface area (Å²) in [6.07, 6.45) is 0. The Kier molecular flexibility index (Phi) is 4.66. The molecule has 2 aromatic carbocycles. The minimum Gasteiger partial charge on any atom is -0.456 e. The maximum Gasteiger partial charge on any atom is 0.141 e. The minimum absolute atomic E-state index is 0.0141. The van der Waals surface area contributed by atoms with Crippen LogP contribution in [0.4, 0.5) is 0 Å². The number of hydrogen-bond donors (Lipinski definition) is 1. The van der Waals surface area contributed by atoms with Crippen LogP contribution in [0.15, 0.2) is 45.3 Å². The van der Waals surface area contributed by atoms with E-state index in [1.54, 1.807) is 0 Å². The summed E-state index contributed by atoms with van der Waals surface area (Å²) >= 11 is 6.99. The van der Waals surface area contributed by atoms with Crippen LogP contribution in [0.1, 0.15) is 24.1 Å². The molecule has 0 unspecified atom stereocenters. The molecule has 2 rings (SSSR count). The van der Waals surface area contributed by atoms with Crippen LogP contribution < -0.4 is 10.5 Å². The molecule has 1 atom stereocenters. The second-order valence-electron chi connectivity index (χ2n) is 4.49. The molecule has 2 aromatic rings. The largest absolute Gasteiger partial charge is 0.456 e. The summed E-state index contributed by atoms with van der Waals surface area (Å²) in [5.41, 5.74) is 8.07. The van der Waals surface area contributed by atoms with Crippen molar-refractivity contribution in [3.63, 3.8) is 0 Å². The van der Waals surface area contributed by atoms with E-state index in [9.17, 15) is 0 Å². The molecule has 0 radical (unpaired) electrons. The molecule has 100 valence electrons. The summed E-state index contributed by atoms with van der Waals surface area (Å²) in [4.78, 5) is 0. The number of rotatable bonds is 3. The highest BCUT2D eigenvalue weighted by molar-refractivity contribution is 9.10. The van der Waals surface area contributed by atoms with Gasteiger partial charge in [0.15, 0.2) is 0 Å². The Morgan fingerprint density at radius 1 is 1.05 bits per heavy atom. The first-order chi connectivity index (χ1) is 8.97. The maximum absolute atomic E-state index is 5.87. The third kappa shape index (κ3) is 3.59. The van der Waals surface area contributed by atoms with Gasteiger partial charge in [0.1, 0.15) is 11.5 Å². The van der Waals surface area contributed by atoms with Gasteiger partial charge < -0.3 is 10.5 Å². The molecule has 19 heavy (non-hydrogen) atoms. The molecule has 0 heterocycles. The van der Waals surface area contributed by atoms with Crippen molar-refractivity contribution in [3.8, 4) is 11.5 Å². The Balaban J connectivity index is 2.25. The van der Waals surface area contributed by atoms with Gasteiger partial charge in [0.2, 0.25) is 0 Å². The van der Waals surface area contributed by atoms with Crippen molar-refractivity contribution >= 4 is 31.9 Å². The zero-order valence-corrected chi connectivity index (χ0v) is 14.0. The van der Waals surface area contributed by atoms with Gasteiger partial charge in [-0.1, -0.05) is 22.0 Å². The lowest BCUT2D eigenvalue weighted by Gasteiger charge is -2.12. The van der Waals surface area contributed by atoms with Crippen molar-refractivity contribution in [1.29, 1.82) is 0 Å². The van der Waals surface area contributed by atoms with Crippen LogP contribution in [-0.4, -0.2) is 0 Å². The molecule has 0 fully saturated rings. The molecule has 0 spiro atoms. The molecule has 0 aliphatic heterocycles. The lowest BCUT2D eigenvalue weighted by molar-refractivity contribution is 0.478. The van der Waals surface area contributed by atoms with Crippen molar-refractivity contribution in [1.82, 2.24) is 0 Å². The van der Waals surface area contributed by atoms with Crippen LogP contribution in [0.25, 0.3) is 0 Å². The highest BCUT2D eigenvalue weighted by Crippen LogP contribution is 2.32. The predicted molar refractivity (Wildman–Crippen MR) is 85.7 cm³/mol. The number of hydrogen-bond acceptors (Lipinski definition) is 2. The average molecular weight is 385 g/mol. The van der Waals surface area contributed by atoms with Crippen LogP contribution in [0.3, 0.4) is 0 Å². The number of ether oxygens (including phenoxy) is 1. The van der Waals surface area contributed by atoms with Gasteiger partial charge in [-0.25, -0.2) is 0 Å². The summed E-state index contributed by atoms with van der Waals surface area (Å²) in [5.74, 6) is 1.60. The molecule has 2 nitrogen and oxygen atoms in total. The van der Waals surface area contributed by atoms with E-state index < -0.39 is 0 Å². The van der Waals surface area contributed by atoms with Gasteiger partial charge in [0, 0.05) is 10.5 Å². The van der Waals surface area contributed by atoms with Crippen LogP contribution in [0.2, 0.25) is 0 Å². The van der Waals surface area contributed by atoms with Crippen molar-refractivity contribution in [2.75, 3.05) is 0 Å². The summed E-state index contributed by atoms with van der Waals surface area (Å²) in [5, 5.41) is 0. The van der Waals surface area contributed by atoms with Gasteiger partial charge in [-0.2, -0.15) is 0 Å². The Bertz CT molecular complexity index is 597. The normalized spacial score (nSPS) is 12.3. The molecule has 0 aliphatic carbocycles. The molecule has 0 bridgehead atoms. The molecule has 0 amide bonds. The third-order valence-electron chi connectivity index (χ3n) is 2.84. The molecule has 2 N–H and O–H groups in total. The molecule has 0 aliphatic rings. The van der Waals surface area contributed by atoms with Crippen molar-refractivity contribution < 1.29 is 4.74 Å². The first kappa shape index (κ1) is 14.6. The lowest BCUT2D eigenvalue weighted by atomic mass is 10.1. The SMILES string of the molecule is Cc1cc(Oc2ccc([C@@H](C)N)cc2Br)ccc1Br. The first-order valence-corrected chi connectivity index (χ1v) is 7.55. The summed E-state index contributed by atoms with van der Waals surface area (Å²) in [6, 6.07) is 11.8. The summed E-state index contributed by atoms with van der Waals surface area (Å²) in [7, 11) is 0. The van der Waals surface area contributed by atoms with Crippen molar-refractivity contribution in [2.24, 2.45) is 5.73 Å². The monoisotopic (exact) mass is 383 g/mol. The highest BCUT2D eigenvalue weighted by atomic mass is 79.9. The Morgan fingerprint density at radius 3 is 2.37 bits per heavy atom. The maximum atomic E-state index is 5.87. The fourth-order valence-corrected chi connectivity index (χ4v) is 2.41. The number of nitrogens with two attached hydrogens (primary N) is 1. The van der Waals surface area contributed by atoms with Crippen LogP contribution >= 0.6 is 31.9 Å². The van der Waals surface area contributed by atoms with Gasteiger partial charge in [0.25, 0.3) is 0 Å². The van der Waals surface area contributed by atoms with E-state index in [0.717, 1.165) is 31.6 Å². The highest BCUT2D eigenvalue weighted by Gasteiger charge is 2.07. The van der Waals surface area contributed by atoms with E-state index in [1.165, 1.54) is 0 Å².